The van der Waals surface area contributed by atoms with Crippen LogP contribution >= 0.6 is 0 Å². The van der Waals surface area contributed by atoms with E-state index in [0.29, 0.717) is 5.06 Å². The fraction of sp³-hybridized carbons (Fsp3) is 0.240. The number of benzene rings is 2. The number of hydrogen-bond acceptors (Lipinski definition) is 7. The summed E-state index contributed by atoms with van der Waals surface area (Å²) in [7, 11) is 0. The lowest BCUT2D eigenvalue weighted by molar-refractivity contribution is -0.197. The van der Waals surface area contributed by atoms with Gasteiger partial charge in [0.15, 0.2) is 0 Å². The van der Waals surface area contributed by atoms with Gasteiger partial charge in [0, 0.05) is 12.8 Å². The SMILES string of the molecule is O=C(CCC(=O)ON1C(=O)CCC1=O)OCCNC(=O)N1c2ccccc2C=Cc2ccccc21. The van der Waals surface area contributed by atoms with Crippen LogP contribution in [0, 0.1) is 0 Å². The minimum absolute atomic E-state index is 0.00894. The van der Waals surface area contributed by atoms with E-state index in [1.807, 2.05) is 60.7 Å². The lowest BCUT2D eigenvalue weighted by Crippen LogP contribution is -2.39. The molecule has 2 heterocycles. The summed E-state index contributed by atoms with van der Waals surface area (Å²) in [5.41, 5.74) is 3.21. The number of anilines is 2. The molecule has 2 aromatic carbocycles. The van der Waals surface area contributed by atoms with Gasteiger partial charge in [-0.1, -0.05) is 48.6 Å². The number of carbonyl (C=O) groups is 5. The van der Waals surface area contributed by atoms with Crippen molar-refractivity contribution in [3.63, 3.8) is 0 Å². The number of imide groups is 1. The average molecular weight is 477 g/mol. The molecule has 1 fully saturated rings. The molecular weight excluding hydrogens is 454 g/mol. The third-order valence-electron chi connectivity index (χ3n) is 5.37. The molecule has 2 aromatic rings. The number of amides is 4. The van der Waals surface area contributed by atoms with E-state index in [1.165, 1.54) is 0 Å². The second-order valence-electron chi connectivity index (χ2n) is 7.78. The van der Waals surface area contributed by atoms with Crippen molar-refractivity contribution in [3.05, 3.63) is 59.7 Å². The van der Waals surface area contributed by atoms with Gasteiger partial charge in [-0.25, -0.2) is 9.59 Å². The second-order valence-corrected chi connectivity index (χ2v) is 7.78. The number of nitrogens with one attached hydrogen (secondary N) is 1. The first-order valence-corrected chi connectivity index (χ1v) is 11.1. The molecule has 1 N–H and O–H groups in total. The Bertz CT molecular complexity index is 1140. The maximum Gasteiger partial charge on any atom is 0.333 e. The fourth-order valence-electron chi connectivity index (χ4n) is 3.68. The molecule has 2 aliphatic rings. The van der Waals surface area contributed by atoms with Crippen molar-refractivity contribution in [2.75, 3.05) is 18.1 Å². The molecule has 0 bridgehead atoms. The molecule has 0 unspecified atom stereocenters. The number of hydrogen-bond donors (Lipinski definition) is 1. The Morgan fingerprint density at radius 2 is 1.34 bits per heavy atom. The van der Waals surface area contributed by atoms with Gasteiger partial charge in [0.05, 0.1) is 30.8 Å². The van der Waals surface area contributed by atoms with Crippen molar-refractivity contribution >= 4 is 53.3 Å². The molecule has 2 aliphatic heterocycles. The number of urea groups is 1. The van der Waals surface area contributed by atoms with Crippen molar-refractivity contribution in [1.82, 2.24) is 10.4 Å². The Labute approximate surface area is 201 Å². The Morgan fingerprint density at radius 1 is 0.800 bits per heavy atom. The van der Waals surface area contributed by atoms with E-state index in [1.54, 1.807) is 4.90 Å². The normalized spacial score (nSPS) is 14.2. The topological polar surface area (TPSA) is 122 Å². The zero-order valence-corrected chi connectivity index (χ0v) is 18.8. The van der Waals surface area contributed by atoms with E-state index in [9.17, 15) is 24.0 Å². The van der Waals surface area contributed by atoms with Crippen LogP contribution in [0.2, 0.25) is 0 Å². The molecule has 1 saturated heterocycles. The molecule has 35 heavy (non-hydrogen) atoms. The number of carbonyl (C=O) groups excluding carboxylic acids is 5. The molecule has 0 radical (unpaired) electrons. The van der Waals surface area contributed by atoms with Crippen LogP contribution in [-0.4, -0.2) is 48.0 Å². The van der Waals surface area contributed by atoms with E-state index >= 15 is 0 Å². The van der Waals surface area contributed by atoms with Crippen LogP contribution in [0.1, 0.15) is 36.8 Å². The molecule has 10 nitrogen and oxygen atoms in total. The third-order valence-corrected chi connectivity index (χ3v) is 5.37. The molecule has 4 amide bonds. The summed E-state index contributed by atoms with van der Waals surface area (Å²) in [4.78, 5) is 66.0. The molecular formula is C25H23N3O7. The van der Waals surface area contributed by atoms with Gasteiger partial charge in [0.25, 0.3) is 11.8 Å². The summed E-state index contributed by atoms with van der Waals surface area (Å²) in [5.74, 6) is -2.74. The van der Waals surface area contributed by atoms with Crippen molar-refractivity contribution in [3.8, 4) is 0 Å². The molecule has 0 atom stereocenters. The fourth-order valence-corrected chi connectivity index (χ4v) is 3.68. The number of fused-ring (bicyclic) bond motifs is 2. The van der Waals surface area contributed by atoms with Crippen LogP contribution in [0.5, 0.6) is 0 Å². The van der Waals surface area contributed by atoms with E-state index in [0.717, 1.165) is 22.5 Å². The van der Waals surface area contributed by atoms with Crippen molar-refractivity contribution < 1.29 is 33.5 Å². The first-order chi connectivity index (χ1) is 16.9. The van der Waals surface area contributed by atoms with Crippen LogP contribution in [0.3, 0.4) is 0 Å². The molecule has 0 aromatic heterocycles. The quantitative estimate of drug-likeness (QED) is 0.370. The van der Waals surface area contributed by atoms with E-state index < -0.39 is 23.8 Å². The summed E-state index contributed by atoms with van der Waals surface area (Å²) < 4.78 is 5.07. The molecule has 0 saturated carbocycles. The highest BCUT2D eigenvalue weighted by atomic mass is 16.7. The van der Waals surface area contributed by atoms with Crippen molar-refractivity contribution in [2.24, 2.45) is 0 Å². The van der Waals surface area contributed by atoms with E-state index in [4.69, 9.17) is 9.57 Å². The zero-order chi connectivity index (χ0) is 24.8. The van der Waals surface area contributed by atoms with Crippen LogP contribution < -0.4 is 10.2 Å². The van der Waals surface area contributed by atoms with Crippen LogP contribution in [-0.2, 0) is 28.8 Å². The standard InChI is InChI=1S/C25H23N3O7/c29-21-11-12-22(30)28(21)35-24(32)14-13-23(31)34-16-15-26-25(33)27-19-7-3-1-5-17(19)9-10-18-6-2-4-8-20(18)27/h1-10H,11-16H2,(H,26,33). The van der Waals surface area contributed by atoms with Gasteiger partial charge in [-0.05, 0) is 23.3 Å². The minimum Gasteiger partial charge on any atom is -0.464 e. The smallest absolute Gasteiger partial charge is 0.333 e. The summed E-state index contributed by atoms with van der Waals surface area (Å²) >= 11 is 0. The first kappa shape index (κ1) is 23.7. The number of para-hydroxylation sites is 2. The number of hydroxylamine groups is 2. The maximum absolute atomic E-state index is 13.1. The highest BCUT2D eigenvalue weighted by molar-refractivity contribution is 6.05. The van der Waals surface area contributed by atoms with Gasteiger partial charge in [-0.3, -0.25) is 19.3 Å². The van der Waals surface area contributed by atoms with Crippen LogP contribution in [0.25, 0.3) is 12.2 Å². The number of rotatable bonds is 7. The summed E-state index contributed by atoms with van der Waals surface area (Å²) in [6, 6.07) is 14.6. The lowest BCUT2D eigenvalue weighted by atomic mass is 10.1. The lowest BCUT2D eigenvalue weighted by Gasteiger charge is -2.25. The van der Waals surface area contributed by atoms with Gasteiger partial charge in [0.1, 0.15) is 6.61 Å². The Kier molecular flexibility index (Phi) is 7.20. The molecule has 0 aliphatic carbocycles. The first-order valence-electron chi connectivity index (χ1n) is 11.1. The Morgan fingerprint density at radius 3 is 1.94 bits per heavy atom. The maximum atomic E-state index is 13.1. The van der Waals surface area contributed by atoms with Gasteiger partial charge >= 0.3 is 18.0 Å². The largest absolute Gasteiger partial charge is 0.464 e. The molecule has 0 spiro atoms. The number of nitrogens with zero attached hydrogens (tertiary/aromatic N) is 2. The number of esters is 1. The Hall–Kier alpha value is -4.47. The van der Waals surface area contributed by atoms with Gasteiger partial charge in [-0.15, -0.1) is 5.06 Å². The summed E-state index contributed by atoms with van der Waals surface area (Å²) in [5, 5.41) is 3.18. The molecule has 4 rings (SSSR count). The van der Waals surface area contributed by atoms with Crippen molar-refractivity contribution in [1.29, 1.82) is 0 Å². The number of ether oxygens (including phenoxy) is 1. The van der Waals surface area contributed by atoms with Gasteiger partial charge < -0.3 is 14.9 Å². The highest BCUT2D eigenvalue weighted by Crippen LogP contribution is 2.36. The van der Waals surface area contributed by atoms with Crippen LogP contribution in [0.15, 0.2) is 48.5 Å². The van der Waals surface area contributed by atoms with Gasteiger partial charge in [-0.2, -0.15) is 0 Å². The second kappa shape index (κ2) is 10.6. The predicted octanol–water partition coefficient (Wildman–Crippen LogP) is 2.95. The van der Waals surface area contributed by atoms with E-state index in [2.05, 4.69) is 5.32 Å². The highest BCUT2D eigenvalue weighted by Gasteiger charge is 2.32. The van der Waals surface area contributed by atoms with Gasteiger partial charge in [0.2, 0.25) is 0 Å². The molecule has 10 heteroatoms. The minimum atomic E-state index is -0.883. The summed E-state index contributed by atoms with van der Waals surface area (Å²) in [6.45, 7) is -0.0435. The zero-order valence-electron chi connectivity index (χ0n) is 18.8. The predicted molar refractivity (Wildman–Crippen MR) is 125 cm³/mol. The molecule has 180 valence electrons. The van der Waals surface area contributed by atoms with E-state index in [-0.39, 0.29) is 44.9 Å². The van der Waals surface area contributed by atoms with Crippen molar-refractivity contribution in [2.45, 2.75) is 25.7 Å². The Balaban J connectivity index is 1.26. The average Bonchev–Trinajstić information content (AvgIpc) is 3.08. The summed E-state index contributed by atoms with van der Waals surface area (Å²) in [6.07, 6.45) is 3.24. The monoisotopic (exact) mass is 477 g/mol. The van der Waals surface area contributed by atoms with Crippen LogP contribution in [0.4, 0.5) is 16.2 Å². The third kappa shape index (κ3) is 5.55.